The van der Waals surface area contributed by atoms with E-state index in [1.165, 1.54) is 35.4 Å². The fraction of sp³-hybridized carbons (Fsp3) is 0.387. The van der Waals surface area contributed by atoms with Crippen LogP contribution in [0.2, 0.25) is 5.02 Å². The lowest BCUT2D eigenvalue weighted by atomic mass is 9.93. The SMILES string of the molecule is CCCC1=C(C(=O)OCC)[C@H](c2cc(Cl)ccc2OC)n2c(s/c(=C\c3ccc(N4CCCC4)c(C)c3)c2=O)=N1. The van der Waals surface area contributed by atoms with Gasteiger partial charge in [0.1, 0.15) is 11.8 Å². The lowest BCUT2D eigenvalue weighted by Gasteiger charge is -2.27. The maximum Gasteiger partial charge on any atom is 0.338 e. The molecule has 5 rings (SSSR count). The first kappa shape index (κ1) is 28.2. The number of nitrogens with zero attached hydrogens (tertiary/aromatic N) is 3. The molecule has 7 nitrogen and oxygen atoms in total. The summed E-state index contributed by atoms with van der Waals surface area (Å²) in [4.78, 5) is 35.3. The number of methoxy groups -OCH3 is 1. The number of ether oxygens (including phenoxy) is 2. The van der Waals surface area contributed by atoms with Crippen molar-refractivity contribution in [3.63, 3.8) is 0 Å². The van der Waals surface area contributed by atoms with Crippen molar-refractivity contribution in [1.29, 1.82) is 0 Å². The van der Waals surface area contributed by atoms with Gasteiger partial charge in [-0.15, -0.1) is 0 Å². The third-order valence-electron chi connectivity index (χ3n) is 7.34. The predicted octanol–water partition coefficient (Wildman–Crippen LogP) is 5.15. The molecule has 0 N–H and O–H groups in total. The van der Waals surface area contributed by atoms with E-state index in [0.717, 1.165) is 25.1 Å². The van der Waals surface area contributed by atoms with Gasteiger partial charge in [-0.05, 0) is 80.6 Å². The highest BCUT2D eigenvalue weighted by Crippen LogP contribution is 2.38. The Balaban J connectivity index is 1.71. The second-order valence-electron chi connectivity index (χ2n) is 10.0. The normalized spacial score (nSPS) is 17.2. The molecule has 9 heteroatoms. The van der Waals surface area contributed by atoms with Crippen molar-refractivity contribution in [2.45, 2.75) is 52.5 Å². The first-order valence-electron chi connectivity index (χ1n) is 13.8. The lowest BCUT2D eigenvalue weighted by Crippen LogP contribution is -2.40. The van der Waals surface area contributed by atoms with Crippen LogP contribution < -0.4 is 24.5 Å². The monoisotopic (exact) mass is 579 g/mol. The second kappa shape index (κ2) is 12.0. The lowest BCUT2D eigenvalue weighted by molar-refractivity contribution is -0.139. The number of allylic oxidation sites excluding steroid dienone is 1. The van der Waals surface area contributed by atoms with Crippen LogP contribution in [0.4, 0.5) is 5.69 Å². The number of halogens is 1. The number of rotatable bonds is 8. The van der Waals surface area contributed by atoms with Gasteiger partial charge in [-0.2, -0.15) is 0 Å². The smallest absolute Gasteiger partial charge is 0.338 e. The largest absolute Gasteiger partial charge is 0.496 e. The van der Waals surface area contributed by atoms with Gasteiger partial charge in [0.25, 0.3) is 5.56 Å². The average Bonchev–Trinajstić information content (AvgIpc) is 3.57. The van der Waals surface area contributed by atoms with Gasteiger partial charge in [-0.25, -0.2) is 9.79 Å². The highest BCUT2D eigenvalue weighted by Gasteiger charge is 2.36. The van der Waals surface area contributed by atoms with E-state index in [-0.39, 0.29) is 12.2 Å². The zero-order chi connectivity index (χ0) is 28.4. The Bertz CT molecular complexity index is 1650. The Morgan fingerprint density at radius 2 is 1.95 bits per heavy atom. The first-order chi connectivity index (χ1) is 19.4. The molecule has 0 aliphatic carbocycles. The molecule has 0 amide bonds. The summed E-state index contributed by atoms with van der Waals surface area (Å²) < 4.78 is 13.3. The van der Waals surface area contributed by atoms with Gasteiger partial charge < -0.3 is 14.4 Å². The quantitative estimate of drug-likeness (QED) is 0.345. The Morgan fingerprint density at radius 3 is 2.62 bits per heavy atom. The molecule has 0 bridgehead atoms. The van der Waals surface area contributed by atoms with Crippen LogP contribution in [0.5, 0.6) is 5.75 Å². The van der Waals surface area contributed by atoms with E-state index >= 15 is 0 Å². The zero-order valence-electron chi connectivity index (χ0n) is 23.3. The third kappa shape index (κ3) is 5.34. The maximum atomic E-state index is 14.1. The third-order valence-corrected chi connectivity index (χ3v) is 8.56. The number of hydrogen-bond acceptors (Lipinski definition) is 7. The van der Waals surface area contributed by atoms with Crippen molar-refractivity contribution in [2.24, 2.45) is 4.99 Å². The van der Waals surface area contributed by atoms with E-state index in [1.54, 1.807) is 36.8 Å². The number of carbonyl (C=O) groups excluding carboxylic acids is 1. The van der Waals surface area contributed by atoms with Crippen molar-refractivity contribution >= 4 is 40.7 Å². The molecule has 40 heavy (non-hydrogen) atoms. The van der Waals surface area contributed by atoms with Crippen LogP contribution in [0.1, 0.15) is 62.3 Å². The molecule has 1 atom stereocenters. The molecule has 3 aromatic rings. The molecule has 0 saturated carbocycles. The molecule has 0 spiro atoms. The number of esters is 1. The standard InChI is InChI=1S/C31H34ClN3O4S/c1-5-9-23-27(30(37)39-6-2)28(22-18-21(32)11-13-25(22)38-4)35-29(36)26(40-31(35)33-23)17-20-10-12-24(19(3)16-20)34-14-7-8-15-34/h10-13,16-18,28H,5-9,14-15H2,1-4H3/b26-17-/t28-/m0/s1. The topological polar surface area (TPSA) is 73.1 Å². The van der Waals surface area contributed by atoms with Gasteiger partial charge in [0.2, 0.25) is 0 Å². The van der Waals surface area contributed by atoms with E-state index in [0.29, 0.717) is 43.4 Å². The van der Waals surface area contributed by atoms with Crippen LogP contribution in [-0.2, 0) is 9.53 Å². The minimum absolute atomic E-state index is 0.207. The van der Waals surface area contributed by atoms with E-state index in [2.05, 4.69) is 30.0 Å². The van der Waals surface area contributed by atoms with Crippen molar-refractivity contribution in [1.82, 2.24) is 4.57 Å². The van der Waals surface area contributed by atoms with Crippen molar-refractivity contribution in [3.05, 3.63) is 89.1 Å². The van der Waals surface area contributed by atoms with Crippen LogP contribution in [0, 0.1) is 6.92 Å². The summed E-state index contributed by atoms with van der Waals surface area (Å²) in [6.45, 7) is 8.27. The van der Waals surface area contributed by atoms with Crippen molar-refractivity contribution in [3.8, 4) is 5.75 Å². The number of thiazole rings is 1. The zero-order valence-corrected chi connectivity index (χ0v) is 24.9. The molecule has 1 fully saturated rings. The van der Waals surface area contributed by atoms with E-state index in [1.807, 2.05) is 13.0 Å². The van der Waals surface area contributed by atoms with Gasteiger partial charge in [0, 0.05) is 29.4 Å². The predicted molar refractivity (Wildman–Crippen MR) is 160 cm³/mol. The maximum absolute atomic E-state index is 14.1. The van der Waals surface area contributed by atoms with Gasteiger partial charge >= 0.3 is 5.97 Å². The van der Waals surface area contributed by atoms with Crippen LogP contribution in [0.3, 0.4) is 0 Å². The average molecular weight is 580 g/mol. The minimum Gasteiger partial charge on any atom is -0.496 e. The van der Waals surface area contributed by atoms with Crippen LogP contribution in [-0.4, -0.2) is 37.3 Å². The Labute approximate surface area is 243 Å². The van der Waals surface area contributed by atoms with Crippen molar-refractivity contribution in [2.75, 3.05) is 31.7 Å². The van der Waals surface area contributed by atoms with Crippen molar-refractivity contribution < 1.29 is 14.3 Å². The molecule has 1 aromatic heterocycles. The number of anilines is 1. The summed E-state index contributed by atoms with van der Waals surface area (Å²) >= 11 is 7.75. The fourth-order valence-corrected chi connectivity index (χ4v) is 6.77. The van der Waals surface area contributed by atoms with E-state index in [4.69, 9.17) is 26.1 Å². The number of benzene rings is 2. The Morgan fingerprint density at radius 1 is 1.18 bits per heavy atom. The van der Waals surface area contributed by atoms with E-state index < -0.39 is 12.0 Å². The first-order valence-corrected chi connectivity index (χ1v) is 15.0. The molecule has 2 aliphatic heterocycles. The molecule has 1 saturated heterocycles. The molecular formula is C31H34ClN3O4S. The highest BCUT2D eigenvalue weighted by atomic mass is 35.5. The highest BCUT2D eigenvalue weighted by molar-refractivity contribution is 7.07. The summed E-state index contributed by atoms with van der Waals surface area (Å²) in [7, 11) is 1.56. The summed E-state index contributed by atoms with van der Waals surface area (Å²) in [6.07, 6.45) is 5.68. The van der Waals surface area contributed by atoms with Crippen LogP contribution in [0.15, 0.2) is 57.5 Å². The Kier molecular flexibility index (Phi) is 8.47. The second-order valence-corrected chi connectivity index (χ2v) is 11.5. The molecular weight excluding hydrogens is 546 g/mol. The van der Waals surface area contributed by atoms with Gasteiger partial charge in [-0.1, -0.05) is 42.3 Å². The van der Waals surface area contributed by atoms with Crippen LogP contribution in [0.25, 0.3) is 6.08 Å². The molecule has 2 aliphatic rings. The molecule has 2 aromatic carbocycles. The summed E-state index contributed by atoms with van der Waals surface area (Å²) in [5.74, 6) is 0.0285. The van der Waals surface area contributed by atoms with Crippen LogP contribution >= 0.6 is 22.9 Å². The van der Waals surface area contributed by atoms with Gasteiger partial charge in [0.05, 0.1) is 29.5 Å². The number of aryl methyl sites for hydroxylation is 1. The number of carbonyl (C=O) groups is 1. The molecule has 0 unspecified atom stereocenters. The molecule has 210 valence electrons. The molecule has 0 radical (unpaired) electrons. The van der Waals surface area contributed by atoms with Gasteiger partial charge in [-0.3, -0.25) is 9.36 Å². The minimum atomic E-state index is -0.785. The molecule has 3 heterocycles. The van der Waals surface area contributed by atoms with Gasteiger partial charge in [0.15, 0.2) is 4.80 Å². The fourth-order valence-electron chi connectivity index (χ4n) is 5.57. The summed E-state index contributed by atoms with van der Waals surface area (Å²) in [5.41, 5.74) is 4.71. The summed E-state index contributed by atoms with van der Waals surface area (Å²) in [5, 5.41) is 0.476. The van der Waals surface area contributed by atoms with E-state index in [9.17, 15) is 9.59 Å². The Hall–Kier alpha value is -3.36. The number of hydrogen-bond donors (Lipinski definition) is 0. The number of fused-ring (bicyclic) bond motifs is 1. The number of aromatic nitrogens is 1. The summed E-state index contributed by atoms with van der Waals surface area (Å²) in [6, 6.07) is 10.8.